The summed E-state index contributed by atoms with van der Waals surface area (Å²) in [5, 5.41) is 11.0. The highest BCUT2D eigenvalue weighted by molar-refractivity contribution is 6.31. The molecule has 0 bridgehead atoms. The first-order valence-electron chi connectivity index (χ1n) is 9.14. The van der Waals surface area contributed by atoms with Gasteiger partial charge >= 0.3 is 0 Å². The summed E-state index contributed by atoms with van der Waals surface area (Å²) in [7, 11) is 0. The van der Waals surface area contributed by atoms with Crippen LogP contribution in [0.1, 0.15) is 32.4 Å². The van der Waals surface area contributed by atoms with Gasteiger partial charge in [-0.2, -0.15) is 0 Å². The van der Waals surface area contributed by atoms with Crippen molar-refractivity contribution < 1.29 is 19.4 Å². The Labute approximate surface area is 169 Å². The molecule has 0 saturated heterocycles. The number of benzene rings is 2. The number of ketones is 1. The number of carbonyl (C=O) groups excluding carboxylic acids is 2. The van der Waals surface area contributed by atoms with Gasteiger partial charge < -0.3 is 9.84 Å². The molecule has 0 saturated carbocycles. The molecule has 0 spiro atoms. The molecule has 1 heterocycles. The van der Waals surface area contributed by atoms with E-state index < -0.39 is 17.7 Å². The summed E-state index contributed by atoms with van der Waals surface area (Å²) in [5.41, 5.74) is 1.31. The average molecular weight is 400 g/mol. The molecule has 0 aliphatic carbocycles. The van der Waals surface area contributed by atoms with Gasteiger partial charge in [0.2, 0.25) is 0 Å². The van der Waals surface area contributed by atoms with Crippen LogP contribution in [0.15, 0.2) is 59.9 Å². The second kappa shape index (κ2) is 8.07. The minimum atomic E-state index is -0.739. The number of anilines is 1. The average Bonchev–Trinajstić information content (AvgIpc) is 2.93. The number of carbonyl (C=O) groups is 2. The van der Waals surface area contributed by atoms with Gasteiger partial charge in [0.05, 0.1) is 18.2 Å². The van der Waals surface area contributed by atoms with Gasteiger partial charge in [-0.1, -0.05) is 43.6 Å². The van der Waals surface area contributed by atoms with E-state index in [1.165, 1.54) is 4.90 Å². The molecule has 1 aliphatic heterocycles. The van der Waals surface area contributed by atoms with Crippen molar-refractivity contribution in [3.63, 3.8) is 0 Å². The lowest BCUT2D eigenvalue weighted by molar-refractivity contribution is -0.119. The lowest BCUT2D eigenvalue weighted by Gasteiger charge is -2.27. The SMILES string of the molecule is CCOc1ccc(C2C(C(=O)C(C)C)=C(O)C(=O)N2c2cccc(Cl)c2)cc1. The van der Waals surface area contributed by atoms with Crippen molar-refractivity contribution in [2.45, 2.75) is 26.8 Å². The van der Waals surface area contributed by atoms with Crippen molar-refractivity contribution in [1.82, 2.24) is 0 Å². The number of hydrogen-bond acceptors (Lipinski definition) is 4. The maximum absolute atomic E-state index is 12.9. The van der Waals surface area contributed by atoms with Crippen molar-refractivity contribution in [2.75, 3.05) is 11.5 Å². The smallest absolute Gasteiger partial charge is 0.294 e. The Bertz CT molecular complexity index is 934. The van der Waals surface area contributed by atoms with E-state index >= 15 is 0 Å². The van der Waals surface area contributed by atoms with Gasteiger partial charge in [0.25, 0.3) is 5.91 Å². The zero-order chi connectivity index (χ0) is 20.4. The van der Waals surface area contributed by atoms with Gasteiger partial charge in [-0.3, -0.25) is 14.5 Å². The van der Waals surface area contributed by atoms with Crippen LogP contribution in [0.4, 0.5) is 5.69 Å². The van der Waals surface area contributed by atoms with Gasteiger partial charge in [0, 0.05) is 16.6 Å². The van der Waals surface area contributed by atoms with Crippen LogP contribution in [0.2, 0.25) is 5.02 Å². The zero-order valence-electron chi connectivity index (χ0n) is 16.0. The standard InChI is InChI=1S/C22H22ClNO4/c1-4-28-17-10-8-14(9-11-17)19-18(20(25)13(2)3)21(26)22(27)24(19)16-7-5-6-15(23)12-16/h5-13,19,26H,4H2,1-3H3. The van der Waals surface area contributed by atoms with Crippen LogP contribution in [-0.2, 0) is 9.59 Å². The van der Waals surface area contributed by atoms with Crippen molar-refractivity contribution in [3.05, 3.63) is 70.4 Å². The predicted molar refractivity (Wildman–Crippen MR) is 109 cm³/mol. The summed E-state index contributed by atoms with van der Waals surface area (Å²) in [4.78, 5) is 27.2. The number of Topliss-reactive ketones (excluding diaryl/α,β-unsaturated/α-hetero) is 1. The normalized spacial score (nSPS) is 16.8. The summed E-state index contributed by atoms with van der Waals surface area (Å²) in [6, 6.07) is 13.2. The number of halogens is 1. The topological polar surface area (TPSA) is 66.8 Å². The first-order valence-corrected chi connectivity index (χ1v) is 9.52. The summed E-state index contributed by atoms with van der Waals surface area (Å²) >= 11 is 6.11. The Hall–Kier alpha value is -2.79. The molecule has 0 radical (unpaired) electrons. The number of ether oxygens (including phenoxy) is 1. The van der Waals surface area contributed by atoms with Gasteiger partial charge in [-0.25, -0.2) is 0 Å². The molecule has 146 valence electrons. The van der Waals surface area contributed by atoms with Gasteiger partial charge in [0.15, 0.2) is 11.5 Å². The number of rotatable bonds is 6. The molecule has 1 amide bonds. The first kappa shape index (κ1) is 20.0. The van der Waals surface area contributed by atoms with E-state index in [0.717, 1.165) is 0 Å². The van der Waals surface area contributed by atoms with E-state index in [9.17, 15) is 14.7 Å². The highest BCUT2D eigenvalue weighted by Crippen LogP contribution is 2.42. The first-order chi connectivity index (χ1) is 13.3. The lowest BCUT2D eigenvalue weighted by Crippen LogP contribution is -2.31. The molecule has 2 aromatic rings. The highest BCUT2D eigenvalue weighted by Gasteiger charge is 2.44. The van der Waals surface area contributed by atoms with Crippen molar-refractivity contribution in [1.29, 1.82) is 0 Å². The Morgan fingerprint density at radius 3 is 2.46 bits per heavy atom. The summed E-state index contributed by atoms with van der Waals surface area (Å²) in [6.07, 6.45) is 0. The molecule has 5 nitrogen and oxygen atoms in total. The van der Waals surface area contributed by atoms with Crippen LogP contribution in [0.3, 0.4) is 0 Å². The Morgan fingerprint density at radius 2 is 1.89 bits per heavy atom. The molecule has 1 aliphatic rings. The van der Waals surface area contributed by atoms with Crippen molar-refractivity contribution in [3.8, 4) is 5.75 Å². The van der Waals surface area contributed by atoms with Crippen LogP contribution in [-0.4, -0.2) is 23.4 Å². The number of amides is 1. The quantitative estimate of drug-likeness (QED) is 0.752. The molecule has 0 aromatic heterocycles. The summed E-state index contributed by atoms with van der Waals surface area (Å²) in [6.45, 7) is 5.91. The number of nitrogens with zero attached hydrogens (tertiary/aromatic N) is 1. The summed E-state index contributed by atoms with van der Waals surface area (Å²) < 4.78 is 5.48. The molecule has 6 heteroatoms. The Morgan fingerprint density at radius 1 is 1.21 bits per heavy atom. The minimum Gasteiger partial charge on any atom is -0.503 e. The van der Waals surface area contributed by atoms with Gasteiger partial charge in [-0.05, 0) is 42.8 Å². The maximum Gasteiger partial charge on any atom is 0.294 e. The largest absolute Gasteiger partial charge is 0.503 e. The third-order valence-electron chi connectivity index (χ3n) is 4.59. The molecule has 2 aromatic carbocycles. The van der Waals surface area contributed by atoms with Crippen LogP contribution in [0, 0.1) is 5.92 Å². The number of aliphatic hydroxyl groups excluding tert-OH is 1. The molecule has 0 fully saturated rings. The fourth-order valence-corrected chi connectivity index (χ4v) is 3.47. The monoisotopic (exact) mass is 399 g/mol. The Kier molecular flexibility index (Phi) is 5.75. The predicted octanol–water partition coefficient (Wildman–Crippen LogP) is 4.86. The third kappa shape index (κ3) is 3.62. The van der Waals surface area contributed by atoms with Crippen LogP contribution in [0.25, 0.3) is 0 Å². The van der Waals surface area contributed by atoms with Crippen LogP contribution in [0.5, 0.6) is 5.75 Å². The summed E-state index contributed by atoms with van der Waals surface area (Å²) in [5.74, 6) is -1.08. The molecule has 1 N–H and O–H groups in total. The van der Waals surface area contributed by atoms with Crippen molar-refractivity contribution in [2.24, 2.45) is 5.92 Å². The van der Waals surface area contributed by atoms with E-state index in [4.69, 9.17) is 16.3 Å². The zero-order valence-corrected chi connectivity index (χ0v) is 16.7. The fraction of sp³-hybridized carbons (Fsp3) is 0.273. The van der Waals surface area contributed by atoms with E-state index in [1.54, 1.807) is 62.4 Å². The number of hydrogen-bond donors (Lipinski definition) is 1. The highest BCUT2D eigenvalue weighted by atomic mass is 35.5. The van der Waals surface area contributed by atoms with Gasteiger partial charge in [-0.15, -0.1) is 0 Å². The molecule has 3 rings (SSSR count). The van der Waals surface area contributed by atoms with E-state index in [2.05, 4.69) is 0 Å². The molecular formula is C22H22ClNO4. The van der Waals surface area contributed by atoms with Crippen LogP contribution >= 0.6 is 11.6 Å². The molecule has 1 unspecified atom stereocenters. The maximum atomic E-state index is 12.9. The fourth-order valence-electron chi connectivity index (χ4n) is 3.29. The van der Waals surface area contributed by atoms with E-state index in [-0.39, 0.29) is 17.3 Å². The molecular weight excluding hydrogens is 378 g/mol. The van der Waals surface area contributed by atoms with Gasteiger partial charge in [0.1, 0.15) is 5.75 Å². The minimum absolute atomic E-state index is 0.101. The van der Waals surface area contributed by atoms with Crippen LogP contribution < -0.4 is 9.64 Å². The van der Waals surface area contributed by atoms with Crippen molar-refractivity contribution >= 4 is 29.0 Å². The Balaban J connectivity index is 2.14. The lowest BCUT2D eigenvalue weighted by atomic mass is 9.91. The molecule has 28 heavy (non-hydrogen) atoms. The second-order valence-corrected chi connectivity index (χ2v) is 7.28. The van der Waals surface area contributed by atoms with E-state index in [1.807, 2.05) is 6.92 Å². The molecule has 1 atom stereocenters. The third-order valence-corrected chi connectivity index (χ3v) is 4.83. The number of aliphatic hydroxyl groups is 1. The second-order valence-electron chi connectivity index (χ2n) is 6.84. The van der Waals surface area contributed by atoms with E-state index in [0.29, 0.717) is 28.6 Å².